The fourth-order valence-corrected chi connectivity index (χ4v) is 2.78. The molecule has 2 N–H and O–H groups in total. The third kappa shape index (κ3) is 2.78. The Hall–Kier alpha value is -1.89. The van der Waals surface area contributed by atoms with Crippen molar-refractivity contribution in [3.8, 4) is 0 Å². The predicted octanol–water partition coefficient (Wildman–Crippen LogP) is -0.277. The van der Waals surface area contributed by atoms with Crippen LogP contribution >= 0.6 is 0 Å². The van der Waals surface area contributed by atoms with Crippen molar-refractivity contribution in [2.24, 2.45) is 14.1 Å². The minimum absolute atomic E-state index is 0.0576. The minimum atomic E-state index is -0.620. The number of ketones is 1. The van der Waals surface area contributed by atoms with Crippen LogP contribution in [0.1, 0.15) is 36.5 Å². The number of Topliss-reactive ketones (excluding diaryl/α,β-unsaturated/α-hetero) is 1. The Balaban J connectivity index is 2.36. The van der Waals surface area contributed by atoms with E-state index in [0.29, 0.717) is 6.04 Å². The molecule has 2 heterocycles. The predicted molar refractivity (Wildman–Crippen MR) is 80.6 cm³/mol. The molecule has 0 amide bonds. The highest BCUT2D eigenvalue weighted by atomic mass is 16.2. The standard InChI is InChI=1S/C14H22N4O3/c1-9-6-4-5-7-18(9)8-10(19)11-12(15)16(2)14(21)17(3)13(11)20/h9H,4-8,15H2,1-3H3/t9-/m0/s1. The van der Waals surface area contributed by atoms with E-state index in [9.17, 15) is 14.4 Å². The highest BCUT2D eigenvalue weighted by molar-refractivity contribution is 6.01. The molecule has 0 saturated carbocycles. The Morgan fingerprint density at radius 3 is 2.52 bits per heavy atom. The van der Waals surface area contributed by atoms with Crippen LogP contribution in [0.2, 0.25) is 0 Å². The van der Waals surface area contributed by atoms with Gasteiger partial charge in [0.05, 0.1) is 6.54 Å². The summed E-state index contributed by atoms with van der Waals surface area (Å²) in [5.41, 5.74) is 4.57. The van der Waals surface area contributed by atoms with Gasteiger partial charge in [-0.2, -0.15) is 0 Å². The first-order chi connectivity index (χ1) is 9.84. The Bertz CT molecular complexity index is 674. The number of likely N-dealkylation sites (tertiary alicyclic amines) is 1. The summed E-state index contributed by atoms with van der Waals surface area (Å²) in [4.78, 5) is 38.4. The average molecular weight is 294 g/mol. The fourth-order valence-electron chi connectivity index (χ4n) is 2.78. The lowest BCUT2D eigenvalue weighted by molar-refractivity contribution is 0.0858. The van der Waals surface area contributed by atoms with Crippen LogP contribution in [0.5, 0.6) is 0 Å². The van der Waals surface area contributed by atoms with Crippen LogP contribution in [0.15, 0.2) is 9.59 Å². The lowest BCUT2D eigenvalue weighted by Gasteiger charge is -2.32. The van der Waals surface area contributed by atoms with Crippen molar-refractivity contribution < 1.29 is 4.79 Å². The van der Waals surface area contributed by atoms with Gasteiger partial charge in [-0.15, -0.1) is 0 Å². The topological polar surface area (TPSA) is 90.3 Å². The Morgan fingerprint density at radius 2 is 1.90 bits per heavy atom. The van der Waals surface area contributed by atoms with E-state index >= 15 is 0 Å². The molecule has 0 unspecified atom stereocenters. The molecule has 7 nitrogen and oxygen atoms in total. The van der Waals surface area contributed by atoms with Gasteiger partial charge in [-0.3, -0.25) is 23.6 Å². The Labute approximate surface area is 123 Å². The summed E-state index contributed by atoms with van der Waals surface area (Å²) in [6.07, 6.45) is 3.27. The maximum Gasteiger partial charge on any atom is 0.332 e. The summed E-state index contributed by atoms with van der Waals surface area (Å²) >= 11 is 0. The number of carbonyl (C=O) groups is 1. The molecule has 7 heteroatoms. The van der Waals surface area contributed by atoms with Gasteiger partial charge in [-0.1, -0.05) is 6.42 Å². The summed E-state index contributed by atoms with van der Waals surface area (Å²) < 4.78 is 2.05. The monoisotopic (exact) mass is 294 g/mol. The molecule has 1 atom stereocenters. The van der Waals surface area contributed by atoms with Gasteiger partial charge < -0.3 is 5.73 Å². The van der Waals surface area contributed by atoms with Crippen molar-refractivity contribution >= 4 is 11.6 Å². The van der Waals surface area contributed by atoms with Crippen molar-refractivity contribution in [3.63, 3.8) is 0 Å². The molecule has 1 aromatic rings. The number of hydrogen-bond acceptors (Lipinski definition) is 5. The van der Waals surface area contributed by atoms with E-state index < -0.39 is 11.2 Å². The normalized spacial score (nSPS) is 19.7. The van der Waals surface area contributed by atoms with Gasteiger partial charge in [-0.05, 0) is 26.3 Å². The number of piperidine rings is 1. The molecule has 1 fully saturated rings. The van der Waals surface area contributed by atoms with E-state index in [0.717, 1.165) is 34.9 Å². The second-order valence-corrected chi connectivity index (χ2v) is 5.70. The van der Waals surface area contributed by atoms with Gasteiger partial charge in [0.15, 0.2) is 5.78 Å². The number of nitrogens with two attached hydrogens (primary N) is 1. The van der Waals surface area contributed by atoms with Crippen molar-refractivity contribution in [3.05, 3.63) is 26.4 Å². The highest BCUT2D eigenvalue weighted by Gasteiger charge is 2.25. The number of carbonyl (C=O) groups excluding carboxylic acids is 1. The number of aromatic nitrogens is 2. The number of rotatable bonds is 3. The first-order valence-electron chi connectivity index (χ1n) is 7.17. The quantitative estimate of drug-likeness (QED) is 0.775. The number of nitrogens with zero attached hydrogens (tertiary/aromatic N) is 3. The van der Waals surface area contributed by atoms with Gasteiger partial charge in [0, 0.05) is 20.1 Å². The van der Waals surface area contributed by atoms with Crippen LogP contribution in [0.25, 0.3) is 0 Å². The number of hydrogen-bond donors (Lipinski definition) is 1. The maximum atomic E-state index is 12.5. The minimum Gasteiger partial charge on any atom is -0.384 e. The summed E-state index contributed by atoms with van der Waals surface area (Å²) in [5, 5.41) is 0. The zero-order valence-corrected chi connectivity index (χ0v) is 12.8. The second kappa shape index (κ2) is 5.85. The third-order valence-electron chi connectivity index (χ3n) is 4.28. The van der Waals surface area contributed by atoms with Gasteiger partial charge in [0.1, 0.15) is 11.4 Å². The van der Waals surface area contributed by atoms with Gasteiger partial charge in [0.25, 0.3) is 5.56 Å². The molecule has 1 aliphatic heterocycles. The highest BCUT2D eigenvalue weighted by Crippen LogP contribution is 2.17. The molecular formula is C14H22N4O3. The second-order valence-electron chi connectivity index (χ2n) is 5.70. The number of nitrogen functional groups attached to an aromatic ring is 1. The van der Waals surface area contributed by atoms with Crippen molar-refractivity contribution in [1.82, 2.24) is 14.0 Å². The molecule has 0 aromatic carbocycles. The van der Waals surface area contributed by atoms with E-state index in [-0.39, 0.29) is 23.7 Å². The van der Waals surface area contributed by atoms with E-state index in [1.807, 2.05) is 0 Å². The summed E-state index contributed by atoms with van der Waals surface area (Å²) in [7, 11) is 2.81. The molecule has 0 bridgehead atoms. The van der Waals surface area contributed by atoms with E-state index in [4.69, 9.17) is 5.73 Å². The van der Waals surface area contributed by atoms with Gasteiger partial charge in [0.2, 0.25) is 0 Å². The van der Waals surface area contributed by atoms with Crippen molar-refractivity contribution in [1.29, 1.82) is 0 Å². The molecule has 1 aromatic heterocycles. The first-order valence-corrected chi connectivity index (χ1v) is 7.17. The molecule has 0 aliphatic carbocycles. The Morgan fingerprint density at radius 1 is 1.24 bits per heavy atom. The van der Waals surface area contributed by atoms with Crippen molar-refractivity contribution in [2.75, 3.05) is 18.8 Å². The van der Waals surface area contributed by atoms with Crippen LogP contribution in [0.4, 0.5) is 5.82 Å². The van der Waals surface area contributed by atoms with Crippen molar-refractivity contribution in [2.45, 2.75) is 32.2 Å². The molecule has 21 heavy (non-hydrogen) atoms. The van der Waals surface area contributed by atoms with Crippen LogP contribution in [-0.4, -0.2) is 38.9 Å². The van der Waals surface area contributed by atoms with Crippen LogP contribution in [0, 0.1) is 0 Å². The molecule has 116 valence electrons. The molecule has 0 radical (unpaired) electrons. The first kappa shape index (κ1) is 15.5. The zero-order valence-electron chi connectivity index (χ0n) is 12.8. The summed E-state index contributed by atoms with van der Waals surface area (Å²) in [6, 6.07) is 0.320. The van der Waals surface area contributed by atoms with E-state index in [1.165, 1.54) is 14.1 Å². The largest absolute Gasteiger partial charge is 0.384 e. The molecular weight excluding hydrogens is 272 g/mol. The van der Waals surface area contributed by atoms with Crippen LogP contribution < -0.4 is 17.0 Å². The smallest absolute Gasteiger partial charge is 0.332 e. The van der Waals surface area contributed by atoms with E-state index in [1.54, 1.807) is 0 Å². The maximum absolute atomic E-state index is 12.5. The van der Waals surface area contributed by atoms with Crippen LogP contribution in [0.3, 0.4) is 0 Å². The number of anilines is 1. The molecule has 1 aliphatic rings. The fraction of sp³-hybridized carbons (Fsp3) is 0.643. The molecule has 2 rings (SSSR count). The lowest BCUT2D eigenvalue weighted by atomic mass is 10.0. The average Bonchev–Trinajstić information content (AvgIpc) is 2.46. The molecule has 0 spiro atoms. The SMILES string of the molecule is C[C@H]1CCCCN1CC(=O)c1c(N)n(C)c(=O)n(C)c1=O. The Kier molecular flexibility index (Phi) is 4.32. The van der Waals surface area contributed by atoms with Gasteiger partial charge in [-0.25, -0.2) is 4.79 Å². The summed E-state index contributed by atoms with van der Waals surface area (Å²) in [5.74, 6) is -0.379. The lowest BCUT2D eigenvalue weighted by Crippen LogP contribution is -2.45. The van der Waals surface area contributed by atoms with Crippen LogP contribution in [-0.2, 0) is 14.1 Å². The zero-order chi connectivity index (χ0) is 15.7. The van der Waals surface area contributed by atoms with E-state index in [2.05, 4.69) is 11.8 Å². The third-order valence-corrected chi connectivity index (χ3v) is 4.28. The summed E-state index contributed by atoms with van der Waals surface area (Å²) in [6.45, 7) is 3.09. The molecule has 1 saturated heterocycles. The van der Waals surface area contributed by atoms with Gasteiger partial charge >= 0.3 is 5.69 Å².